The second-order valence-electron chi connectivity index (χ2n) is 10.6. The van der Waals surface area contributed by atoms with Gasteiger partial charge in [-0.3, -0.25) is 0 Å². The van der Waals surface area contributed by atoms with Crippen LogP contribution in [0.15, 0.2) is 97.1 Å². The van der Waals surface area contributed by atoms with Gasteiger partial charge in [0.2, 0.25) is 0 Å². The predicted molar refractivity (Wildman–Crippen MR) is 177 cm³/mol. The topological polar surface area (TPSA) is 55.4 Å². The molecule has 4 aromatic rings. The van der Waals surface area contributed by atoms with E-state index in [4.69, 9.17) is 74.8 Å². The third-order valence-electron chi connectivity index (χ3n) is 7.35. The van der Waals surface area contributed by atoms with Crippen molar-refractivity contribution in [3.63, 3.8) is 0 Å². The number of benzene rings is 4. The normalized spacial score (nSPS) is 21.6. The molecule has 1 heterocycles. The summed E-state index contributed by atoms with van der Waals surface area (Å²) in [5, 5.41) is 2.61. The van der Waals surface area contributed by atoms with Crippen molar-refractivity contribution in [2.75, 3.05) is 13.7 Å². The summed E-state index contributed by atoms with van der Waals surface area (Å²) in [5.74, 6) is 0. The first-order valence-electron chi connectivity index (χ1n) is 14.5. The fraction of sp³-hybridized carbons (Fsp3) is 0.314. The highest BCUT2D eigenvalue weighted by atomic mass is 35.5. The molecule has 0 N–H and O–H groups in total. The molecule has 1 aliphatic heterocycles. The highest BCUT2D eigenvalue weighted by Crippen LogP contribution is 2.31. The van der Waals surface area contributed by atoms with Crippen molar-refractivity contribution in [3.05, 3.63) is 139 Å². The fourth-order valence-corrected chi connectivity index (χ4v) is 5.47. The highest BCUT2D eigenvalue weighted by Gasteiger charge is 2.48. The first-order valence-corrected chi connectivity index (χ1v) is 16.0. The molecule has 0 amide bonds. The summed E-state index contributed by atoms with van der Waals surface area (Å²) in [5.41, 5.74) is 3.82. The number of halogens is 4. The summed E-state index contributed by atoms with van der Waals surface area (Å²) in [6.45, 7) is 1.46. The Balaban J connectivity index is 1.40. The average molecular weight is 692 g/mol. The van der Waals surface area contributed by atoms with Crippen molar-refractivity contribution in [1.29, 1.82) is 0 Å². The van der Waals surface area contributed by atoms with Gasteiger partial charge in [-0.15, -0.1) is 0 Å². The Morgan fingerprint density at radius 1 is 0.489 bits per heavy atom. The number of hydrogen-bond acceptors (Lipinski definition) is 6. The number of ether oxygens (including phenoxy) is 6. The van der Waals surface area contributed by atoms with Crippen molar-refractivity contribution in [1.82, 2.24) is 0 Å². The molecule has 0 spiro atoms. The van der Waals surface area contributed by atoms with Crippen LogP contribution in [0.25, 0.3) is 0 Å². The minimum Gasteiger partial charge on any atom is -0.374 e. The van der Waals surface area contributed by atoms with E-state index in [1.54, 1.807) is 7.11 Å². The molecule has 5 atom stereocenters. The Hall–Kier alpha value is -2.20. The molecule has 1 saturated heterocycles. The lowest BCUT2D eigenvalue weighted by Crippen LogP contribution is -2.61. The molecule has 45 heavy (non-hydrogen) atoms. The van der Waals surface area contributed by atoms with Crippen molar-refractivity contribution in [3.8, 4) is 0 Å². The van der Waals surface area contributed by atoms with Gasteiger partial charge >= 0.3 is 0 Å². The van der Waals surface area contributed by atoms with Crippen LogP contribution >= 0.6 is 46.4 Å². The standard InChI is InChI=1S/C35H34Cl4O6/c1-40-35-34(44-21-26-8-16-30(39)17-9-26)33(43-20-25-6-14-29(38)15-7-25)32(42-19-24-4-12-28(37)13-5-24)31(45-35)22-41-18-23-2-10-27(36)11-3-23/h2-17,31-35H,18-22H2,1H3/t31-,32-,33+,34-,35+/m1/s1. The molecule has 10 heteroatoms. The van der Waals surface area contributed by atoms with Gasteiger partial charge in [0, 0.05) is 27.2 Å². The summed E-state index contributed by atoms with van der Waals surface area (Å²) in [4.78, 5) is 0. The maximum atomic E-state index is 6.62. The smallest absolute Gasteiger partial charge is 0.186 e. The molecule has 1 aliphatic rings. The minimum atomic E-state index is -0.757. The first-order chi connectivity index (χ1) is 21.9. The van der Waals surface area contributed by atoms with Gasteiger partial charge in [0.1, 0.15) is 24.4 Å². The molecule has 6 nitrogen and oxygen atoms in total. The Labute approximate surface area is 284 Å². The predicted octanol–water partition coefficient (Wildman–Crippen LogP) is 8.94. The molecule has 1 fully saturated rings. The van der Waals surface area contributed by atoms with Gasteiger partial charge in [-0.2, -0.15) is 0 Å². The highest BCUT2D eigenvalue weighted by molar-refractivity contribution is 6.31. The van der Waals surface area contributed by atoms with Crippen LogP contribution in [-0.4, -0.2) is 44.4 Å². The number of rotatable bonds is 14. The lowest BCUT2D eigenvalue weighted by atomic mass is 9.97. The monoisotopic (exact) mass is 690 g/mol. The first kappa shape index (κ1) is 34.1. The maximum absolute atomic E-state index is 6.62. The van der Waals surface area contributed by atoms with Gasteiger partial charge in [-0.25, -0.2) is 0 Å². The second kappa shape index (κ2) is 17.1. The SMILES string of the molecule is CO[C@H]1O[C@H](COCc2ccc(Cl)cc2)[C@@H](OCc2ccc(Cl)cc2)[C@H](OCc2ccc(Cl)cc2)[C@H]1OCc1ccc(Cl)cc1. The summed E-state index contributed by atoms with van der Waals surface area (Å²) < 4.78 is 38.1. The van der Waals surface area contributed by atoms with Gasteiger partial charge in [0.15, 0.2) is 6.29 Å². The van der Waals surface area contributed by atoms with Gasteiger partial charge < -0.3 is 28.4 Å². The molecule has 0 bridgehead atoms. The molecule has 238 valence electrons. The fourth-order valence-electron chi connectivity index (χ4n) is 4.96. The lowest BCUT2D eigenvalue weighted by molar-refractivity contribution is -0.323. The van der Waals surface area contributed by atoms with E-state index >= 15 is 0 Å². The van der Waals surface area contributed by atoms with Crippen LogP contribution in [0.1, 0.15) is 22.3 Å². The Morgan fingerprint density at radius 2 is 0.844 bits per heavy atom. The quantitative estimate of drug-likeness (QED) is 0.132. The van der Waals surface area contributed by atoms with E-state index in [0.29, 0.717) is 33.3 Å². The van der Waals surface area contributed by atoms with E-state index in [1.807, 2.05) is 97.1 Å². The average Bonchev–Trinajstić information content (AvgIpc) is 3.05. The van der Waals surface area contributed by atoms with Crippen LogP contribution in [0.3, 0.4) is 0 Å². The second-order valence-corrected chi connectivity index (χ2v) is 12.4. The van der Waals surface area contributed by atoms with Crippen molar-refractivity contribution in [2.45, 2.75) is 57.1 Å². The zero-order chi connectivity index (χ0) is 31.6. The van der Waals surface area contributed by atoms with Crippen molar-refractivity contribution >= 4 is 46.4 Å². The zero-order valence-corrected chi connectivity index (χ0v) is 27.6. The van der Waals surface area contributed by atoms with Gasteiger partial charge in [-0.1, -0.05) is 94.9 Å². The van der Waals surface area contributed by atoms with E-state index in [9.17, 15) is 0 Å². The molecule has 0 aromatic heterocycles. The van der Waals surface area contributed by atoms with Crippen LogP contribution in [-0.2, 0) is 54.8 Å². The van der Waals surface area contributed by atoms with E-state index in [-0.39, 0.29) is 19.8 Å². The Morgan fingerprint density at radius 3 is 1.24 bits per heavy atom. The number of methoxy groups -OCH3 is 1. The van der Waals surface area contributed by atoms with E-state index in [2.05, 4.69) is 0 Å². The molecule has 0 unspecified atom stereocenters. The molecule has 0 radical (unpaired) electrons. The van der Waals surface area contributed by atoms with Crippen LogP contribution in [0.5, 0.6) is 0 Å². The molecule has 4 aromatic carbocycles. The van der Waals surface area contributed by atoms with Crippen LogP contribution in [0.4, 0.5) is 0 Å². The summed E-state index contributed by atoms with van der Waals surface area (Å²) >= 11 is 24.4. The molecule has 5 rings (SSSR count). The molecule has 0 saturated carbocycles. The Bertz CT molecular complexity index is 1450. The van der Waals surface area contributed by atoms with Crippen molar-refractivity contribution in [2.24, 2.45) is 0 Å². The third kappa shape index (κ3) is 10.1. The molecular weight excluding hydrogens is 658 g/mol. The largest absolute Gasteiger partial charge is 0.374 e. The summed E-state index contributed by atoms with van der Waals surface area (Å²) in [7, 11) is 1.58. The van der Waals surface area contributed by atoms with E-state index < -0.39 is 30.7 Å². The van der Waals surface area contributed by atoms with Crippen LogP contribution < -0.4 is 0 Å². The number of hydrogen-bond donors (Lipinski definition) is 0. The Kier molecular flexibility index (Phi) is 13.0. The van der Waals surface area contributed by atoms with Gasteiger partial charge in [0.05, 0.1) is 33.0 Å². The van der Waals surface area contributed by atoms with Gasteiger partial charge in [-0.05, 0) is 70.8 Å². The minimum absolute atomic E-state index is 0.221. The van der Waals surface area contributed by atoms with E-state index in [0.717, 1.165) is 22.3 Å². The van der Waals surface area contributed by atoms with Crippen LogP contribution in [0, 0.1) is 0 Å². The third-order valence-corrected chi connectivity index (χ3v) is 8.36. The summed E-state index contributed by atoms with van der Waals surface area (Å²) in [6, 6.07) is 30.0. The zero-order valence-electron chi connectivity index (χ0n) is 24.6. The van der Waals surface area contributed by atoms with Gasteiger partial charge in [0.25, 0.3) is 0 Å². The summed E-state index contributed by atoms with van der Waals surface area (Å²) in [6.07, 6.45) is -3.11. The lowest BCUT2D eigenvalue weighted by Gasteiger charge is -2.45. The van der Waals surface area contributed by atoms with Crippen molar-refractivity contribution < 1.29 is 28.4 Å². The van der Waals surface area contributed by atoms with Crippen LogP contribution in [0.2, 0.25) is 20.1 Å². The van der Waals surface area contributed by atoms with E-state index in [1.165, 1.54) is 0 Å². The maximum Gasteiger partial charge on any atom is 0.186 e. The molecular formula is C35H34Cl4O6. The molecule has 0 aliphatic carbocycles.